The minimum atomic E-state index is -1.07. The van der Waals surface area contributed by atoms with Gasteiger partial charge in [-0.3, -0.25) is 10.1 Å². The second kappa shape index (κ2) is 6.00. The molecule has 0 aromatic heterocycles. The van der Waals surface area contributed by atoms with Gasteiger partial charge >= 0.3 is 5.69 Å². The van der Waals surface area contributed by atoms with Crippen molar-refractivity contribution in [1.29, 1.82) is 10.5 Å². The van der Waals surface area contributed by atoms with Crippen molar-refractivity contribution in [3.05, 3.63) is 33.9 Å². The SMILES string of the molecule is CC(CC(C)(N)C#N)Oc1ccc(C#N)cc1[N+](=O)[O-]. The van der Waals surface area contributed by atoms with E-state index < -0.39 is 16.6 Å². The van der Waals surface area contributed by atoms with Crippen LogP contribution in [0.25, 0.3) is 0 Å². The van der Waals surface area contributed by atoms with E-state index in [9.17, 15) is 10.1 Å². The zero-order chi connectivity index (χ0) is 15.3. The molecule has 0 bridgehead atoms. The van der Waals surface area contributed by atoms with Crippen LogP contribution in [-0.2, 0) is 0 Å². The Morgan fingerprint density at radius 1 is 1.55 bits per heavy atom. The number of nitrogens with two attached hydrogens (primary N) is 1. The van der Waals surface area contributed by atoms with Crippen molar-refractivity contribution in [1.82, 2.24) is 0 Å². The molecule has 1 rings (SSSR count). The molecule has 104 valence electrons. The van der Waals surface area contributed by atoms with Crippen LogP contribution < -0.4 is 10.5 Å². The average Bonchev–Trinajstić information content (AvgIpc) is 2.38. The van der Waals surface area contributed by atoms with Gasteiger partial charge in [0, 0.05) is 12.5 Å². The summed E-state index contributed by atoms with van der Waals surface area (Å²) in [5.41, 5.74) is 4.52. The van der Waals surface area contributed by atoms with Gasteiger partial charge in [0.1, 0.15) is 5.54 Å². The number of nitro benzene ring substituents is 1. The lowest BCUT2D eigenvalue weighted by molar-refractivity contribution is -0.386. The van der Waals surface area contributed by atoms with Gasteiger partial charge < -0.3 is 10.5 Å². The summed E-state index contributed by atoms with van der Waals surface area (Å²) in [7, 11) is 0. The first-order chi connectivity index (χ1) is 9.29. The summed E-state index contributed by atoms with van der Waals surface area (Å²) in [6.07, 6.45) is -0.253. The summed E-state index contributed by atoms with van der Waals surface area (Å²) in [5, 5.41) is 28.5. The van der Waals surface area contributed by atoms with Crippen LogP contribution in [0.3, 0.4) is 0 Å². The van der Waals surface area contributed by atoms with Gasteiger partial charge in [-0.05, 0) is 26.0 Å². The van der Waals surface area contributed by atoms with Crippen molar-refractivity contribution in [2.45, 2.75) is 31.9 Å². The molecule has 1 aromatic rings. The molecule has 7 nitrogen and oxygen atoms in total. The average molecular weight is 274 g/mol. The topological polar surface area (TPSA) is 126 Å². The van der Waals surface area contributed by atoms with Crippen molar-refractivity contribution >= 4 is 5.69 Å². The Balaban J connectivity index is 2.96. The molecule has 7 heteroatoms. The predicted octanol–water partition coefficient (Wildman–Crippen LogP) is 1.86. The zero-order valence-corrected chi connectivity index (χ0v) is 11.2. The molecular formula is C13H14N4O3. The normalized spacial score (nSPS) is 14.4. The highest BCUT2D eigenvalue weighted by atomic mass is 16.6. The van der Waals surface area contributed by atoms with Crippen LogP contribution in [0.15, 0.2) is 18.2 Å². The van der Waals surface area contributed by atoms with Crippen molar-refractivity contribution in [3.63, 3.8) is 0 Å². The Morgan fingerprint density at radius 2 is 2.20 bits per heavy atom. The van der Waals surface area contributed by atoms with Gasteiger partial charge in [-0.2, -0.15) is 10.5 Å². The van der Waals surface area contributed by atoms with Crippen LogP contribution >= 0.6 is 0 Å². The lowest BCUT2D eigenvalue weighted by Crippen LogP contribution is -2.38. The second-order valence-electron chi connectivity index (χ2n) is 4.71. The lowest BCUT2D eigenvalue weighted by Gasteiger charge is -2.21. The van der Waals surface area contributed by atoms with Crippen molar-refractivity contribution < 1.29 is 9.66 Å². The Hall–Kier alpha value is -2.64. The van der Waals surface area contributed by atoms with Gasteiger partial charge in [0.25, 0.3) is 0 Å². The number of nitriles is 2. The molecule has 0 aliphatic rings. The van der Waals surface area contributed by atoms with Gasteiger partial charge in [0.15, 0.2) is 5.75 Å². The fraction of sp³-hybridized carbons (Fsp3) is 0.385. The van der Waals surface area contributed by atoms with Gasteiger partial charge in [-0.1, -0.05) is 0 Å². The minimum Gasteiger partial charge on any atom is -0.484 e. The van der Waals surface area contributed by atoms with E-state index in [1.807, 2.05) is 12.1 Å². The van der Waals surface area contributed by atoms with Crippen LogP contribution in [0.5, 0.6) is 5.75 Å². The summed E-state index contributed by atoms with van der Waals surface area (Å²) in [6, 6.07) is 7.71. The standard InChI is InChI=1S/C13H14N4O3/c1-9(6-13(2,16)8-15)20-12-4-3-10(7-14)5-11(12)17(18)19/h3-5,9H,6,16H2,1-2H3. The molecule has 0 heterocycles. The fourth-order valence-electron chi connectivity index (χ4n) is 1.73. The zero-order valence-electron chi connectivity index (χ0n) is 11.2. The van der Waals surface area contributed by atoms with E-state index in [4.69, 9.17) is 21.0 Å². The first-order valence-corrected chi connectivity index (χ1v) is 5.84. The van der Waals surface area contributed by atoms with E-state index >= 15 is 0 Å². The smallest absolute Gasteiger partial charge is 0.312 e. The van der Waals surface area contributed by atoms with E-state index in [1.54, 1.807) is 13.8 Å². The van der Waals surface area contributed by atoms with Crippen LogP contribution in [0, 0.1) is 32.8 Å². The number of hydrogen-bond acceptors (Lipinski definition) is 6. The number of rotatable bonds is 5. The molecule has 0 saturated carbocycles. The summed E-state index contributed by atoms with van der Waals surface area (Å²) in [5.74, 6) is 0.0511. The van der Waals surface area contributed by atoms with Crippen molar-refractivity contribution in [3.8, 4) is 17.9 Å². The number of hydrogen-bond donors (Lipinski definition) is 1. The molecule has 20 heavy (non-hydrogen) atoms. The predicted molar refractivity (Wildman–Crippen MR) is 70.7 cm³/mol. The summed E-state index contributed by atoms with van der Waals surface area (Å²) < 4.78 is 5.46. The maximum Gasteiger partial charge on any atom is 0.312 e. The number of ether oxygens (including phenoxy) is 1. The van der Waals surface area contributed by atoms with E-state index in [1.165, 1.54) is 12.1 Å². The molecule has 1 aromatic carbocycles. The van der Waals surface area contributed by atoms with Gasteiger partial charge in [-0.15, -0.1) is 0 Å². The van der Waals surface area contributed by atoms with Gasteiger partial charge in [-0.25, -0.2) is 0 Å². The number of benzene rings is 1. The molecule has 2 N–H and O–H groups in total. The first kappa shape index (κ1) is 15.4. The molecule has 2 unspecified atom stereocenters. The number of nitrogens with zero attached hydrogens (tertiary/aromatic N) is 3. The van der Waals surface area contributed by atoms with Gasteiger partial charge in [0.2, 0.25) is 0 Å². The Morgan fingerprint density at radius 3 is 2.70 bits per heavy atom. The molecule has 0 spiro atoms. The third-order valence-corrected chi connectivity index (χ3v) is 2.58. The van der Waals surface area contributed by atoms with Crippen LogP contribution in [0.1, 0.15) is 25.8 Å². The third-order valence-electron chi connectivity index (χ3n) is 2.58. The largest absolute Gasteiger partial charge is 0.484 e. The Labute approximate surface area is 116 Å². The molecule has 0 fully saturated rings. The van der Waals surface area contributed by atoms with Crippen molar-refractivity contribution in [2.24, 2.45) is 5.73 Å². The van der Waals surface area contributed by atoms with E-state index in [0.29, 0.717) is 0 Å². The molecular weight excluding hydrogens is 260 g/mol. The molecule has 0 amide bonds. The molecule has 0 radical (unpaired) electrons. The van der Waals surface area contributed by atoms with Crippen molar-refractivity contribution in [2.75, 3.05) is 0 Å². The maximum atomic E-state index is 11.0. The summed E-state index contributed by atoms with van der Waals surface area (Å²) >= 11 is 0. The summed E-state index contributed by atoms with van der Waals surface area (Å²) in [6.45, 7) is 3.23. The second-order valence-corrected chi connectivity index (χ2v) is 4.71. The van der Waals surface area contributed by atoms with Crippen LogP contribution in [0.2, 0.25) is 0 Å². The quantitative estimate of drug-likeness (QED) is 0.645. The van der Waals surface area contributed by atoms with E-state index in [2.05, 4.69) is 0 Å². The monoisotopic (exact) mass is 274 g/mol. The lowest BCUT2D eigenvalue weighted by atomic mass is 9.98. The van der Waals surface area contributed by atoms with E-state index in [-0.39, 0.29) is 23.4 Å². The van der Waals surface area contributed by atoms with Crippen LogP contribution in [-0.4, -0.2) is 16.6 Å². The highest BCUT2D eigenvalue weighted by Gasteiger charge is 2.24. The first-order valence-electron chi connectivity index (χ1n) is 5.84. The Kier molecular flexibility index (Phi) is 4.63. The number of nitro groups is 1. The third kappa shape index (κ3) is 3.94. The highest BCUT2D eigenvalue weighted by molar-refractivity contribution is 5.51. The Bertz CT molecular complexity index is 599. The van der Waals surface area contributed by atoms with Gasteiger partial charge in [0.05, 0.1) is 28.7 Å². The molecule has 0 aliphatic heterocycles. The highest BCUT2D eigenvalue weighted by Crippen LogP contribution is 2.29. The molecule has 2 atom stereocenters. The maximum absolute atomic E-state index is 11.0. The molecule has 0 aliphatic carbocycles. The minimum absolute atomic E-state index is 0.0511. The molecule has 0 saturated heterocycles. The summed E-state index contributed by atoms with van der Waals surface area (Å²) in [4.78, 5) is 10.3. The van der Waals surface area contributed by atoms with Crippen LogP contribution in [0.4, 0.5) is 5.69 Å². The fourth-order valence-corrected chi connectivity index (χ4v) is 1.73. The van der Waals surface area contributed by atoms with E-state index in [0.717, 1.165) is 6.07 Å².